The molecule has 4 heteroatoms. The summed E-state index contributed by atoms with van der Waals surface area (Å²) in [5, 5.41) is 0. The molecule has 3 N–H and O–H groups in total. The first-order chi connectivity index (χ1) is 8.36. The lowest BCUT2D eigenvalue weighted by Gasteiger charge is -2.24. The van der Waals surface area contributed by atoms with Gasteiger partial charge in [0.15, 0.2) is 0 Å². The van der Waals surface area contributed by atoms with Gasteiger partial charge >= 0.3 is 0 Å². The van der Waals surface area contributed by atoms with Crippen molar-refractivity contribution in [3.05, 3.63) is 29.3 Å². The molecule has 0 radical (unpaired) electrons. The average molecular weight is 252 g/mol. The summed E-state index contributed by atoms with van der Waals surface area (Å²) in [6.45, 7) is 2.98. The maximum Gasteiger partial charge on any atom is 0.127 e. The van der Waals surface area contributed by atoms with Gasteiger partial charge in [-0.1, -0.05) is 25.1 Å². The van der Waals surface area contributed by atoms with Crippen LogP contribution in [0.5, 0.6) is 5.75 Å². The number of ether oxygens (including phenoxy) is 1. The monoisotopic (exact) mass is 252 g/mol. The van der Waals surface area contributed by atoms with Crippen molar-refractivity contribution >= 4 is 11.8 Å². The first-order valence-corrected chi connectivity index (χ1v) is 7.30. The van der Waals surface area contributed by atoms with Gasteiger partial charge in [0.1, 0.15) is 5.75 Å². The summed E-state index contributed by atoms with van der Waals surface area (Å²) < 4.78 is 5.81. The number of fused-ring (bicyclic) bond motifs is 1. The highest BCUT2D eigenvalue weighted by atomic mass is 32.2. The molecule has 0 spiro atoms. The molecule has 1 aliphatic rings. The molecule has 0 saturated heterocycles. The minimum atomic E-state index is 0.174. The van der Waals surface area contributed by atoms with Crippen molar-refractivity contribution in [2.24, 2.45) is 5.84 Å². The molecule has 0 amide bonds. The van der Waals surface area contributed by atoms with E-state index in [0.717, 1.165) is 36.7 Å². The summed E-state index contributed by atoms with van der Waals surface area (Å²) in [6, 6.07) is 6.54. The van der Waals surface area contributed by atoms with Crippen molar-refractivity contribution in [1.82, 2.24) is 5.43 Å². The summed E-state index contributed by atoms with van der Waals surface area (Å²) in [5.74, 6) is 8.80. The second-order valence-corrected chi connectivity index (χ2v) is 5.49. The highest BCUT2D eigenvalue weighted by Crippen LogP contribution is 2.33. The van der Waals surface area contributed by atoms with Crippen LogP contribution in [0, 0.1) is 0 Å². The molecule has 1 atom stereocenters. The highest BCUT2D eigenvalue weighted by molar-refractivity contribution is 7.99. The van der Waals surface area contributed by atoms with Gasteiger partial charge in [-0.2, -0.15) is 11.8 Å². The maximum atomic E-state index is 5.81. The molecule has 0 aromatic heterocycles. The third-order valence-corrected chi connectivity index (χ3v) is 4.01. The van der Waals surface area contributed by atoms with Gasteiger partial charge in [0.2, 0.25) is 0 Å². The van der Waals surface area contributed by atoms with Crippen LogP contribution in [0.2, 0.25) is 0 Å². The largest absolute Gasteiger partial charge is 0.493 e. The smallest absolute Gasteiger partial charge is 0.127 e. The fourth-order valence-corrected chi connectivity index (χ4v) is 2.90. The van der Waals surface area contributed by atoms with Gasteiger partial charge in [0.25, 0.3) is 0 Å². The molecule has 0 aliphatic carbocycles. The Balaban J connectivity index is 2.23. The quantitative estimate of drug-likeness (QED) is 0.623. The number of hydrazine groups is 1. The Morgan fingerprint density at radius 3 is 3.18 bits per heavy atom. The number of nitrogens with two attached hydrogens (primary N) is 1. The van der Waals surface area contributed by atoms with Gasteiger partial charge in [-0.15, -0.1) is 0 Å². The molecule has 3 nitrogen and oxygen atoms in total. The fraction of sp³-hybridized carbons (Fsp3) is 0.538. The molecular formula is C13H20N2OS. The zero-order valence-corrected chi connectivity index (χ0v) is 11.1. The number of hydrogen-bond acceptors (Lipinski definition) is 4. The van der Waals surface area contributed by atoms with Crippen molar-refractivity contribution in [2.75, 3.05) is 18.1 Å². The summed E-state index contributed by atoms with van der Waals surface area (Å²) in [7, 11) is 0. The molecule has 1 unspecified atom stereocenters. The minimum absolute atomic E-state index is 0.174. The third-order valence-electron chi connectivity index (χ3n) is 3.03. The molecule has 0 fully saturated rings. The number of hydrogen-bond donors (Lipinski definition) is 2. The Labute approximate surface area is 107 Å². The summed E-state index contributed by atoms with van der Waals surface area (Å²) >= 11 is 1.89. The number of benzene rings is 1. The summed E-state index contributed by atoms with van der Waals surface area (Å²) in [4.78, 5) is 0. The molecule has 1 aliphatic heterocycles. The Bertz CT molecular complexity index is 370. The Morgan fingerprint density at radius 1 is 1.53 bits per heavy atom. The Hall–Kier alpha value is -0.710. The van der Waals surface area contributed by atoms with E-state index < -0.39 is 0 Å². The van der Waals surface area contributed by atoms with Crippen LogP contribution in [-0.2, 0) is 6.42 Å². The first kappa shape index (κ1) is 12.7. The lowest BCUT2D eigenvalue weighted by Crippen LogP contribution is -2.30. The molecule has 17 heavy (non-hydrogen) atoms. The minimum Gasteiger partial charge on any atom is -0.493 e. The van der Waals surface area contributed by atoms with Gasteiger partial charge in [-0.25, -0.2) is 0 Å². The van der Waals surface area contributed by atoms with Crippen LogP contribution in [0.3, 0.4) is 0 Å². The SMILES string of the molecule is CCSCC(NN)c1cccc2c1OCCC2. The fourth-order valence-electron chi connectivity index (χ4n) is 2.15. The van der Waals surface area contributed by atoms with Crippen molar-refractivity contribution in [3.63, 3.8) is 0 Å². The maximum absolute atomic E-state index is 5.81. The van der Waals surface area contributed by atoms with Crippen LogP contribution in [-0.4, -0.2) is 18.1 Å². The molecule has 1 heterocycles. The van der Waals surface area contributed by atoms with Crippen molar-refractivity contribution < 1.29 is 4.74 Å². The second-order valence-electron chi connectivity index (χ2n) is 4.17. The van der Waals surface area contributed by atoms with E-state index in [9.17, 15) is 0 Å². The molecular weight excluding hydrogens is 232 g/mol. The van der Waals surface area contributed by atoms with Crippen LogP contribution >= 0.6 is 11.8 Å². The Kier molecular flexibility index (Phi) is 4.71. The zero-order valence-electron chi connectivity index (χ0n) is 10.2. The van der Waals surface area contributed by atoms with Crippen LogP contribution in [0.4, 0.5) is 0 Å². The molecule has 1 aromatic rings. The van der Waals surface area contributed by atoms with Crippen LogP contribution in [0.1, 0.15) is 30.5 Å². The summed E-state index contributed by atoms with van der Waals surface area (Å²) in [5.41, 5.74) is 5.42. The van der Waals surface area contributed by atoms with E-state index in [4.69, 9.17) is 10.6 Å². The molecule has 2 rings (SSSR count). The van der Waals surface area contributed by atoms with E-state index in [1.807, 2.05) is 11.8 Å². The van der Waals surface area contributed by atoms with Crippen LogP contribution in [0.25, 0.3) is 0 Å². The van der Waals surface area contributed by atoms with Gasteiger partial charge in [0.05, 0.1) is 12.6 Å². The van der Waals surface area contributed by atoms with E-state index in [-0.39, 0.29) is 6.04 Å². The average Bonchev–Trinajstić information content (AvgIpc) is 2.40. The number of thioether (sulfide) groups is 1. The van der Waals surface area contributed by atoms with Crippen LogP contribution in [0.15, 0.2) is 18.2 Å². The number of nitrogens with one attached hydrogen (secondary N) is 1. The lowest BCUT2D eigenvalue weighted by molar-refractivity contribution is 0.282. The van der Waals surface area contributed by atoms with Gasteiger partial charge < -0.3 is 4.74 Å². The normalized spacial score (nSPS) is 16.1. The van der Waals surface area contributed by atoms with Crippen molar-refractivity contribution in [3.8, 4) is 5.75 Å². The van der Waals surface area contributed by atoms with Gasteiger partial charge in [-0.3, -0.25) is 11.3 Å². The van der Waals surface area contributed by atoms with Crippen molar-refractivity contribution in [2.45, 2.75) is 25.8 Å². The van der Waals surface area contributed by atoms with E-state index >= 15 is 0 Å². The van der Waals surface area contributed by atoms with E-state index in [1.165, 1.54) is 11.1 Å². The standard InChI is InChI=1S/C13H20N2OS/c1-2-17-9-12(15-14)11-7-3-5-10-6-4-8-16-13(10)11/h3,5,7,12,15H,2,4,6,8-9,14H2,1H3. The number of para-hydroxylation sites is 1. The predicted octanol–water partition coefficient (Wildman–Crippen LogP) is 2.27. The number of aryl methyl sites for hydroxylation is 1. The van der Waals surface area contributed by atoms with E-state index in [0.29, 0.717) is 0 Å². The van der Waals surface area contributed by atoms with Gasteiger partial charge in [-0.05, 0) is 24.2 Å². The second kappa shape index (κ2) is 6.28. The Morgan fingerprint density at radius 2 is 2.41 bits per heavy atom. The first-order valence-electron chi connectivity index (χ1n) is 6.15. The molecule has 0 bridgehead atoms. The van der Waals surface area contributed by atoms with E-state index in [1.54, 1.807) is 0 Å². The van der Waals surface area contributed by atoms with Gasteiger partial charge in [0, 0.05) is 11.3 Å². The third kappa shape index (κ3) is 2.94. The number of rotatable bonds is 5. The van der Waals surface area contributed by atoms with Crippen molar-refractivity contribution in [1.29, 1.82) is 0 Å². The van der Waals surface area contributed by atoms with E-state index in [2.05, 4.69) is 30.5 Å². The topological polar surface area (TPSA) is 47.3 Å². The lowest BCUT2D eigenvalue weighted by atomic mass is 9.99. The highest BCUT2D eigenvalue weighted by Gasteiger charge is 2.19. The predicted molar refractivity (Wildman–Crippen MR) is 73.3 cm³/mol. The molecule has 0 saturated carbocycles. The molecule has 1 aromatic carbocycles. The summed E-state index contributed by atoms with van der Waals surface area (Å²) in [6.07, 6.45) is 2.22. The zero-order chi connectivity index (χ0) is 12.1. The van der Waals surface area contributed by atoms with Crippen LogP contribution < -0.4 is 16.0 Å². The molecule has 94 valence electrons.